The number of hydrogen-bond acceptors (Lipinski definition) is 6. The van der Waals surface area contributed by atoms with Crippen molar-refractivity contribution >= 4 is 11.8 Å². The van der Waals surface area contributed by atoms with Crippen LogP contribution in [0.4, 0.5) is 0 Å². The third-order valence-corrected chi connectivity index (χ3v) is 2.00. The van der Waals surface area contributed by atoms with Crippen LogP contribution in [0.3, 0.4) is 0 Å². The van der Waals surface area contributed by atoms with Crippen molar-refractivity contribution in [2.45, 2.75) is 6.92 Å². The highest BCUT2D eigenvalue weighted by Gasteiger charge is 2.12. The number of carbonyl (C=O) groups is 2. The van der Waals surface area contributed by atoms with Gasteiger partial charge in [0.15, 0.2) is 12.4 Å². The van der Waals surface area contributed by atoms with Crippen molar-refractivity contribution in [3.05, 3.63) is 45.5 Å². The van der Waals surface area contributed by atoms with Crippen LogP contribution in [0.15, 0.2) is 24.3 Å². The molecule has 0 fully saturated rings. The average molecular weight is 253 g/mol. The molecule has 0 bridgehead atoms. The number of benzene rings is 1. The third kappa shape index (κ3) is 3.85. The SMILES string of the molecule is CCOC(=O)c1cccc(C(=O)CO[N+](=O)[O-])c1. The number of nitrogens with zero attached hydrogens (tertiary/aromatic N) is 1. The zero-order valence-electron chi connectivity index (χ0n) is 9.62. The van der Waals surface area contributed by atoms with Crippen LogP contribution in [0.5, 0.6) is 0 Å². The molecule has 0 aliphatic heterocycles. The predicted molar refractivity (Wildman–Crippen MR) is 59.7 cm³/mol. The Bertz CT molecular complexity index is 470. The van der Waals surface area contributed by atoms with Crippen molar-refractivity contribution in [2.24, 2.45) is 0 Å². The Kier molecular flexibility index (Phi) is 4.79. The minimum absolute atomic E-state index is 0.155. The topological polar surface area (TPSA) is 95.7 Å². The lowest BCUT2D eigenvalue weighted by molar-refractivity contribution is -0.754. The minimum Gasteiger partial charge on any atom is -0.462 e. The van der Waals surface area contributed by atoms with Crippen LogP contribution in [-0.2, 0) is 9.57 Å². The van der Waals surface area contributed by atoms with Gasteiger partial charge in [-0.05, 0) is 19.1 Å². The second kappa shape index (κ2) is 6.33. The lowest BCUT2D eigenvalue weighted by Crippen LogP contribution is -2.13. The number of hydrogen-bond donors (Lipinski definition) is 0. The molecule has 0 aliphatic carbocycles. The maximum absolute atomic E-state index is 11.5. The van der Waals surface area contributed by atoms with Crippen LogP contribution >= 0.6 is 0 Å². The van der Waals surface area contributed by atoms with E-state index in [9.17, 15) is 19.7 Å². The van der Waals surface area contributed by atoms with Gasteiger partial charge in [-0.15, -0.1) is 10.1 Å². The molecule has 0 aliphatic rings. The predicted octanol–water partition coefficient (Wildman–Crippen LogP) is 1.25. The number of Topliss-reactive ketones (excluding diaryl/α,β-unsaturated/α-hetero) is 1. The number of carbonyl (C=O) groups excluding carboxylic acids is 2. The summed E-state index contributed by atoms with van der Waals surface area (Å²) in [6.45, 7) is 1.21. The van der Waals surface area contributed by atoms with Gasteiger partial charge in [0, 0.05) is 5.56 Å². The number of rotatable bonds is 6. The molecule has 96 valence electrons. The molecule has 0 saturated carbocycles. The van der Waals surface area contributed by atoms with Gasteiger partial charge in [-0.3, -0.25) is 4.79 Å². The Labute approximate surface area is 102 Å². The van der Waals surface area contributed by atoms with E-state index < -0.39 is 23.4 Å². The molecule has 0 heterocycles. The van der Waals surface area contributed by atoms with Crippen molar-refractivity contribution in [2.75, 3.05) is 13.2 Å². The monoisotopic (exact) mass is 253 g/mol. The molecule has 0 N–H and O–H groups in total. The van der Waals surface area contributed by atoms with Gasteiger partial charge in [-0.1, -0.05) is 12.1 Å². The highest BCUT2D eigenvalue weighted by atomic mass is 16.9. The Morgan fingerprint density at radius 1 is 1.33 bits per heavy atom. The van der Waals surface area contributed by atoms with E-state index in [-0.39, 0.29) is 17.7 Å². The molecule has 0 spiro atoms. The van der Waals surface area contributed by atoms with Gasteiger partial charge >= 0.3 is 5.97 Å². The summed E-state index contributed by atoms with van der Waals surface area (Å²) in [5.74, 6) is -1.14. The summed E-state index contributed by atoms with van der Waals surface area (Å²) in [6.07, 6.45) is 0. The first kappa shape index (κ1) is 13.6. The molecule has 1 rings (SSSR count). The third-order valence-electron chi connectivity index (χ3n) is 2.00. The highest BCUT2D eigenvalue weighted by molar-refractivity contribution is 5.99. The molecule has 0 atom stereocenters. The second-order valence-corrected chi connectivity index (χ2v) is 3.22. The fraction of sp³-hybridized carbons (Fsp3) is 0.273. The maximum atomic E-state index is 11.5. The number of ether oxygens (including phenoxy) is 1. The molecular formula is C11H11NO6. The highest BCUT2D eigenvalue weighted by Crippen LogP contribution is 2.08. The largest absolute Gasteiger partial charge is 0.462 e. The van der Waals surface area contributed by atoms with Crippen molar-refractivity contribution < 1.29 is 24.3 Å². The fourth-order valence-electron chi connectivity index (χ4n) is 1.23. The first-order chi connectivity index (χ1) is 8.54. The Morgan fingerprint density at radius 2 is 2.00 bits per heavy atom. The molecule has 18 heavy (non-hydrogen) atoms. The lowest BCUT2D eigenvalue weighted by Gasteiger charge is -2.04. The summed E-state index contributed by atoms with van der Waals surface area (Å²) in [5.41, 5.74) is 0.367. The van der Waals surface area contributed by atoms with Gasteiger partial charge in [0.2, 0.25) is 0 Å². The number of esters is 1. The summed E-state index contributed by atoms with van der Waals surface area (Å²) < 4.78 is 4.77. The number of ketones is 1. The molecule has 1 aromatic carbocycles. The summed E-state index contributed by atoms with van der Waals surface area (Å²) >= 11 is 0. The summed E-state index contributed by atoms with van der Waals surface area (Å²) in [4.78, 5) is 36.8. The first-order valence-electron chi connectivity index (χ1n) is 5.12. The van der Waals surface area contributed by atoms with E-state index in [1.54, 1.807) is 6.92 Å². The molecular weight excluding hydrogens is 242 g/mol. The van der Waals surface area contributed by atoms with Gasteiger partial charge in [-0.2, -0.15) is 0 Å². The molecule has 0 amide bonds. The summed E-state index contributed by atoms with van der Waals surface area (Å²) in [7, 11) is 0. The Hall–Kier alpha value is -2.44. The Morgan fingerprint density at radius 3 is 2.61 bits per heavy atom. The quantitative estimate of drug-likeness (QED) is 0.327. The first-order valence-corrected chi connectivity index (χ1v) is 5.12. The van der Waals surface area contributed by atoms with Crippen LogP contribution in [0, 0.1) is 10.1 Å². The molecule has 0 radical (unpaired) electrons. The van der Waals surface area contributed by atoms with Crippen LogP contribution in [-0.4, -0.2) is 30.1 Å². The molecule has 1 aromatic rings. The molecule has 0 unspecified atom stereocenters. The van der Waals surface area contributed by atoms with Crippen LogP contribution in [0.2, 0.25) is 0 Å². The average Bonchev–Trinajstić information content (AvgIpc) is 2.36. The Balaban J connectivity index is 2.78. The van der Waals surface area contributed by atoms with E-state index >= 15 is 0 Å². The van der Waals surface area contributed by atoms with E-state index in [1.165, 1.54) is 24.3 Å². The van der Waals surface area contributed by atoms with Crippen molar-refractivity contribution in [1.82, 2.24) is 0 Å². The molecule has 0 saturated heterocycles. The van der Waals surface area contributed by atoms with Gasteiger partial charge in [0.1, 0.15) is 0 Å². The van der Waals surface area contributed by atoms with E-state index in [0.717, 1.165) is 0 Å². The van der Waals surface area contributed by atoms with E-state index in [0.29, 0.717) is 0 Å². The van der Waals surface area contributed by atoms with Gasteiger partial charge in [0.05, 0.1) is 12.2 Å². The van der Waals surface area contributed by atoms with Crippen molar-refractivity contribution in [3.8, 4) is 0 Å². The van der Waals surface area contributed by atoms with Crippen LogP contribution < -0.4 is 0 Å². The zero-order chi connectivity index (χ0) is 13.5. The van der Waals surface area contributed by atoms with E-state index in [1.807, 2.05) is 0 Å². The van der Waals surface area contributed by atoms with Crippen molar-refractivity contribution in [3.63, 3.8) is 0 Å². The van der Waals surface area contributed by atoms with Crippen molar-refractivity contribution in [1.29, 1.82) is 0 Å². The smallest absolute Gasteiger partial charge is 0.338 e. The maximum Gasteiger partial charge on any atom is 0.338 e. The van der Waals surface area contributed by atoms with Gasteiger partial charge in [0.25, 0.3) is 5.09 Å². The van der Waals surface area contributed by atoms with Crippen LogP contribution in [0.25, 0.3) is 0 Å². The molecule has 7 heteroatoms. The minimum atomic E-state index is -1.05. The van der Waals surface area contributed by atoms with Gasteiger partial charge < -0.3 is 9.57 Å². The normalized spacial score (nSPS) is 9.61. The van der Waals surface area contributed by atoms with E-state index in [4.69, 9.17) is 4.74 Å². The fourth-order valence-corrected chi connectivity index (χ4v) is 1.23. The zero-order valence-corrected chi connectivity index (χ0v) is 9.62. The summed E-state index contributed by atoms with van der Waals surface area (Å²) in [5, 5.41) is 8.90. The van der Waals surface area contributed by atoms with Crippen LogP contribution in [0.1, 0.15) is 27.6 Å². The van der Waals surface area contributed by atoms with Gasteiger partial charge in [-0.25, -0.2) is 4.79 Å². The molecule has 0 aromatic heterocycles. The molecule has 7 nitrogen and oxygen atoms in total. The standard InChI is InChI=1S/C11H11NO6/c1-2-17-11(14)9-5-3-4-8(6-9)10(13)7-18-12(15)16/h3-6H,2,7H2,1H3. The lowest BCUT2D eigenvalue weighted by atomic mass is 10.1. The summed E-state index contributed by atoms with van der Waals surface area (Å²) in [6, 6.07) is 5.73. The van der Waals surface area contributed by atoms with E-state index in [2.05, 4.69) is 4.84 Å². The second-order valence-electron chi connectivity index (χ2n) is 3.22.